The van der Waals surface area contributed by atoms with E-state index in [0.29, 0.717) is 17.5 Å². The van der Waals surface area contributed by atoms with Crippen LogP contribution in [0.4, 0.5) is 0 Å². The second-order valence-electron chi connectivity index (χ2n) is 6.86. The molecule has 2 N–H and O–H groups in total. The molecular formula is C15H30N2. The first-order valence-corrected chi connectivity index (χ1v) is 7.56. The highest BCUT2D eigenvalue weighted by atomic mass is 15.0. The highest BCUT2D eigenvalue weighted by molar-refractivity contribution is 4.92. The van der Waals surface area contributed by atoms with Crippen molar-refractivity contribution in [2.75, 3.05) is 13.1 Å². The summed E-state index contributed by atoms with van der Waals surface area (Å²) >= 11 is 0. The summed E-state index contributed by atoms with van der Waals surface area (Å²) in [6.07, 6.45) is 8.53. The summed E-state index contributed by atoms with van der Waals surface area (Å²) in [6, 6.07) is 1.40. The van der Waals surface area contributed by atoms with Gasteiger partial charge in [0.25, 0.3) is 0 Å². The van der Waals surface area contributed by atoms with Crippen LogP contribution in [0.5, 0.6) is 0 Å². The van der Waals surface area contributed by atoms with Gasteiger partial charge in [-0.15, -0.1) is 0 Å². The summed E-state index contributed by atoms with van der Waals surface area (Å²) in [6.45, 7) is 9.53. The molecule has 0 radical (unpaired) electrons. The fourth-order valence-electron chi connectivity index (χ4n) is 3.57. The Hall–Kier alpha value is -0.0800. The third-order valence-corrected chi connectivity index (χ3v) is 4.95. The summed E-state index contributed by atoms with van der Waals surface area (Å²) in [7, 11) is 0. The van der Waals surface area contributed by atoms with Gasteiger partial charge < -0.3 is 10.6 Å². The molecule has 2 heteroatoms. The fourth-order valence-corrected chi connectivity index (χ4v) is 3.57. The number of piperidine rings is 1. The maximum Gasteiger partial charge on any atom is 0.0145 e. The first-order chi connectivity index (χ1) is 8.09. The monoisotopic (exact) mass is 238 g/mol. The van der Waals surface area contributed by atoms with Crippen molar-refractivity contribution in [3.8, 4) is 0 Å². The van der Waals surface area contributed by atoms with Gasteiger partial charge in [-0.05, 0) is 44.1 Å². The zero-order valence-electron chi connectivity index (χ0n) is 11.9. The minimum atomic E-state index is 0.404. The van der Waals surface area contributed by atoms with Gasteiger partial charge in [0.15, 0.2) is 0 Å². The minimum absolute atomic E-state index is 0.404. The Bertz CT molecular complexity index is 231. The van der Waals surface area contributed by atoms with Crippen LogP contribution in [0.25, 0.3) is 0 Å². The van der Waals surface area contributed by atoms with E-state index in [-0.39, 0.29) is 0 Å². The van der Waals surface area contributed by atoms with Gasteiger partial charge in [0.1, 0.15) is 0 Å². The van der Waals surface area contributed by atoms with Crippen molar-refractivity contribution in [1.82, 2.24) is 10.6 Å². The van der Waals surface area contributed by atoms with E-state index < -0.39 is 0 Å². The zero-order chi connectivity index (χ0) is 12.3. The molecule has 17 heavy (non-hydrogen) atoms. The first-order valence-electron chi connectivity index (χ1n) is 7.56. The second kappa shape index (κ2) is 5.71. The molecular weight excluding hydrogens is 208 g/mol. The zero-order valence-corrected chi connectivity index (χ0v) is 11.9. The third-order valence-electron chi connectivity index (χ3n) is 4.95. The fraction of sp³-hybridized carbons (Fsp3) is 1.00. The largest absolute Gasteiger partial charge is 0.316 e. The molecule has 1 saturated heterocycles. The Morgan fingerprint density at radius 2 is 1.82 bits per heavy atom. The van der Waals surface area contributed by atoms with Crippen LogP contribution in [0.1, 0.15) is 59.3 Å². The maximum atomic E-state index is 3.94. The summed E-state index contributed by atoms with van der Waals surface area (Å²) in [5.41, 5.74) is 0.404. The molecule has 0 aromatic carbocycles. The molecule has 0 aromatic rings. The molecule has 0 bridgehead atoms. The van der Waals surface area contributed by atoms with E-state index in [1.165, 1.54) is 45.1 Å². The van der Waals surface area contributed by atoms with Gasteiger partial charge in [0.2, 0.25) is 0 Å². The Balaban J connectivity index is 1.85. The standard InChI is InChI=1S/C15H30N2/c1-12(13-7-5-4-6-8-13)17-14-9-10-16-11-15(14,2)3/h12-14,16-17H,4-11H2,1-3H3/t12-,14?/m0/s1. The van der Waals surface area contributed by atoms with Crippen LogP contribution in [0.15, 0.2) is 0 Å². The van der Waals surface area contributed by atoms with Gasteiger partial charge in [-0.2, -0.15) is 0 Å². The molecule has 0 aromatic heterocycles. The van der Waals surface area contributed by atoms with Crippen molar-refractivity contribution in [1.29, 1.82) is 0 Å². The summed E-state index contributed by atoms with van der Waals surface area (Å²) in [5, 5.41) is 7.46. The molecule has 0 spiro atoms. The van der Waals surface area contributed by atoms with E-state index in [1.54, 1.807) is 0 Å². The normalized spacial score (nSPS) is 32.3. The summed E-state index contributed by atoms with van der Waals surface area (Å²) in [4.78, 5) is 0. The predicted octanol–water partition coefficient (Wildman–Crippen LogP) is 2.93. The van der Waals surface area contributed by atoms with Crippen molar-refractivity contribution in [2.24, 2.45) is 11.3 Å². The Morgan fingerprint density at radius 3 is 2.47 bits per heavy atom. The molecule has 2 aliphatic rings. The molecule has 1 saturated carbocycles. The SMILES string of the molecule is C[C@H](NC1CCNCC1(C)C)C1CCCCC1. The molecule has 2 nitrogen and oxygen atoms in total. The van der Waals surface area contributed by atoms with Crippen molar-refractivity contribution in [3.05, 3.63) is 0 Å². The van der Waals surface area contributed by atoms with Crippen molar-refractivity contribution >= 4 is 0 Å². The lowest BCUT2D eigenvalue weighted by Crippen LogP contribution is -2.56. The minimum Gasteiger partial charge on any atom is -0.316 e. The average Bonchev–Trinajstić information content (AvgIpc) is 2.33. The smallest absolute Gasteiger partial charge is 0.0145 e. The van der Waals surface area contributed by atoms with E-state index in [2.05, 4.69) is 31.4 Å². The van der Waals surface area contributed by atoms with E-state index in [1.807, 2.05) is 0 Å². The highest BCUT2D eigenvalue weighted by Gasteiger charge is 2.34. The van der Waals surface area contributed by atoms with Gasteiger partial charge in [0, 0.05) is 18.6 Å². The lowest BCUT2D eigenvalue weighted by Gasteiger charge is -2.42. The highest BCUT2D eigenvalue weighted by Crippen LogP contribution is 2.30. The van der Waals surface area contributed by atoms with Crippen LogP contribution >= 0.6 is 0 Å². The van der Waals surface area contributed by atoms with Gasteiger partial charge >= 0.3 is 0 Å². The van der Waals surface area contributed by atoms with E-state index >= 15 is 0 Å². The Morgan fingerprint density at radius 1 is 1.12 bits per heavy atom. The van der Waals surface area contributed by atoms with Gasteiger partial charge in [-0.1, -0.05) is 33.1 Å². The number of hydrogen-bond donors (Lipinski definition) is 2. The molecule has 2 atom stereocenters. The maximum absolute atomic E-state index is 3.94. The first kappa shape index (κ1) is 13.4. The van der Waals surface area contributed by atoms with E-state index in [9.17, 15) is 0 Å². The molecule has 1 aliphatic heterocycles. The quantitative estimate of drug-likeness (QED) is 0.790. The molecule has 1 aliphatic carbocycles. The number of nitrogens with one attached hydrogen (secondary N) is 2. The van der Waals surface area contributed by atoms with Crippen molar-refractivity contribution < 1.29 is 0 Å². The second-order valence-corrected chi connectivity index (χ2v) is 6.86. The molecule has 1 heterocycles. The van der Waals surface area contributed by atoms with Gasteiger partial charge in [-0.25, -0.2) is 0 Å². The molecule has 2 rings (SSSR count). The average molecular weight is 238 g/mol. The lowest BCUT2D eigenvalue weighted by atomic mass is 9.78. The van der Waals surface area contributed by atoms with Crippen LogP contribution in [0.2, 0.25) is 0 Å². The van der Waals surface area contributed by atoms with E-state index in [0.717, 1.165) is 12.5 Å². The number of hydrogen-bond acceptors (Lipinski definition) is 2. The number of rotatable bonds is 3. The van der Waals surface area contributed by atoms with Crippen LogP contribution in [0.3, 0.4) is 0 Å². The van der Waals surface area contributed by atoms with Crippen LogP contribution in [0, 0.1) is 11.3 Å². The molecule has 2 fully saturated rings. The van der Waals surface area contributed by atoms with Gasteiger partial charge in [-0.3, -0.25) is 0 Å². The predicted molar refractivity (Wildman–Crippen MR) is 74.2 cm³/mol. The van der Waals surface area contributed by atoms with Crippen molar-refractivity contribution in [2.45, 2.75) is 71.4 Å². The Kier molecular flexibility index (Phi) is 4.48. The van der Waals surface area contributed by atoms with Gasteiger partial charge in [0.05, 0.1) is 0 Å². The van der Waals surface area contributed by atoms with E-state index in [4.69, 9.17) is 0 Å². The topological polar surface area (TPSA) is 24.1 Å². The lowest BCUT2D eigenvalue weighted by molar-refractivity contribution is 0.151. The van der Waals surface area contributed by atoms with Crippen molar-refractivity contribution in [3.63, 3.8) is 0 Å². The summed E-state index contributed by atoms with van der Waals surface area (Å²) < 4.78 is 0. The third kappa shape index (κ3) is 3.45. The summed E-state index contributed by atoms with van der Waals surface area (Å²) in [5.74, 6) is 0.925. The molecule has 1 unspecified atom stereocenters. The van der Waals surface area contributed by atoms with Crippen LogP contribution < -0.4 is 10.6 Å². The molecule has 100 valence electrons. The Labute approximate surface area is 107 Å². The van der Waals surface area contributed by atoms with Crippen LogP contribution in [-0.4, -0.2) is 25.2 Å². The molecule has 0 amide bonds. The van der Waals surface area contributed by atoms with Crippen LogP contribution in [-0.2, 0) is 0 Å².